The van der Waals surface area contributed by atoms with Gasteiger partial charge in [-0.05, 0) is 37.3 Å². The van der Waals surface area contributed by atoms with E-state index in [0.717, 1.165) is 12.1 Å². The molecule has 2 aromatic carbocycles. The van der Waals surface area contributed by atoms with Crippen LogP contribution in [0.25, 0.3) is 5.69 Å². The molecular weight excluding hydrogens is 387 g/mol. The van der Waals surface area contributed by atoms with Gasteiger partial charge in [0.15, 0.2) is 6.61 Å². The highest BCUT2D eigenvalue weighted by Gasteiger charge is 2.30. The lowest BCUT2D eigenvalue weighted by molar-refractivity contribution is -0.137. The standard InChI is InChI=1S/C20H18F3N3O3/c1-13-18(19(28)26(25(13)2)15-8-4-3-5-9-15)24-17(27)12-29-16-10-6-7-14(11-16)20(21,22)23/h3-11H,12H2,1-2H3,(H,24,27). The normalized spacial score (nSPS) is 11.3. The highest BCUT2D eigenvalue weighted by molar-refractivity contribution is 5.92. The third-order valence-electron chi connectivity index (χ3n) is 4.35. The zero-order valence-electron chi connectivity index (χ0n) is 15.7. The minimum absolute atomic E-state index is 0.0778. The maximum Gasteiger partial charge on any atom is 0.416 e. The molecular formula is C20H18F3N3O3. The van der Waals surface area contributed by atoms with Gasteiger partial charge in [0, 0.05) is 7.05 Å². The Labute approximate surface area is 164 Å². The van der Waals surface area contributed by atoms with Gasteiger partial charge in [0.25, 0.3) is 11.5 Å². The highest BCUT2D eigenvalue weighted by atomic mass is 19.4. The van der Waals surface area contributed by atoms with Crippen LogP contribution in [-0.2, 0) is 18.0 Å². The minimum atomic E-state index is -4.51. The van der Waals surface area contributed by atoms with Crippen molar-refractivity contribution < 1.29 is 22.7 Å². The number of halogens is 3. The van der Waals surface area contributed by atoms with Gasteiger partial charge >= 0.3 is 6.18 Å². The summed E-state index contributed by atoms with van der Waals surface area (Å²) in [6.45, 7) is 1.13. The van der Waals surface area contributed by atoms with Gasteiger partial charge in [-0.3, -0.25) is 14.3 Å². The van der Waals surface area contributed by atoms with Crippen LogP contribution in [0.4, 0.5) is 18.9 Å². The average molecular weight is 405 g/mol. The molecule has 9 heteroatoms. The number of hydrogen-bond acceptors (Lipinski definition) is 3. The third-order valence-corrected chi connectivity index (χ3v) is 4.35. The van der Waals surface area contributed by atoms with Crippen LogP contribution >= 0.6 is 0 Å². The molecule has 0 bridgehead atoms. The van der Waals surface area contributed by atoms with E-state index in [1.165, 1.54) is 16.8 Å². The number of carbonyl (C=O) groups excluding carboxylic acids is 1. The number of rotatable bonds is 5. The molecule has 29 heavy (non-hydrogen) atoms. The molecule has 0 aliphatic heterocycles. The first-order chi connectivity index (χ1) is 13.7. The first kappa shape index (κ1) is 20.2. The molecule has 0 aliphatic rings. The fourth-order valence-corrected chi connectivity index (χ4v) is 2.80. The lowest BCUT2D eigenvalue weighted by Gasteiger charge is -2.10. The van der Waals surface area contributed by atoms with Gasteiger partial charge in [-0.25, -0.2) is 4.68 Å². The smallest absolute Gasteiger partial charge is 0.416 e. The van der Waals surface area contributed by atoms with E-state index in [0.29, 0.717) is 11.4 Å². The van der Waals surface area contributed by atoms with E-state index in [4.69, 9.17) is 4.74 Å². The second kappa shape index (κ2) is 7.86. The van der Waals surface area contributed by atoms with E-state index in [1.807, 2.05) is 6.07 Å². The molecule has 0 spiro atoms. The van der Waals surface area contributed by atoms with Crippen molar-refractivity contribution in [1.82, 2.24) is 9.36 Å². The van der Waals surface area contributed by atoms with Gasteiger partial charge in [-0.2, -0.15) is 13.2 Å². The summed E-state index contributed by atoms with van der Waals surface area (Å²) in [5.41, 5.74) is -0.0761. The van der Waals surface area contributed by atoms with E-state index in [1.54, 1.807) is 42.9 Å². The van der Waals surface area contributed by atoms with Gasteiger partial charge < -0.3 is 10.1 Å². The summed E-state index contributed by atoms with van der Waals surface area (Å²) >= 11 is 0. The molecule has 0 saturated heterocycles. The molecule has 1 N–H and O–H groups in total. The zero-order chi connectivity index (χ0) is 21.2. The lowest BCUT2D eigenvalue weighted by atomic mass is 10.2. The van der Waals surface area contributed by atoms with Gasteiger partial charge in [-0.15, -0.1) is 0 Å². The van der Waals surface area contributed by atoms with Crippen LogP contribution in [0, 0.1) is 6.92 Å². The number of alkyl halides is 3. The molecule has 0 atom stereocenters. The Hall–Kier alpha value is -3.49. The molecule has 0 radical (unpaired) electrons. The molecule has 152 valence electrons. The zero-order valence-corrected chi connectivity index (χ0v) is 15.7. The number of carbonyl (C=O) groups is 1. The van der Waals surface area contributed by atoms with Crippen molar-refractivity contribution >= 4 is 11.6 Å². The molecule has 0 fully saturated rings. The molecule has 3 rings (SSSR count). The average Bonchev–Trinajstić information content (AvgIpc) is 2.90. The Kier molecular flexibility index (Phi) is 5.49. The second-order valence-corrected chi connectivity index (χ2v) is 6.30. The predicted molar refractivity (Wildman–Crippen MR) is 101 cm³/mol. The number of amides is 1. The monoisotopic (exact) mass is 405 g/mol. The first-order valence-electron chi connectivity index (χ1n) is 8.62. The summed E-state index contributed by atoms with van der Waals surface area (Å²) < 4.78 is 46.4. The molecule has 0 unspecified atom stereocenters. The molecule has 0 saturated carbocycles. The fraction of sp³-hybridized carbons (Fsp3) is 0.200. The Morgan fingerprint density at radius 1 is 1.10 bits per heavy atom. The largest absolute Gasteiger partial charge is 0.484 e. The molecule has 6 nitrogen and oxygen atoms in total. The van der Waals surface area contributed by atoms with E-state index in [-0.39, 0.29) is 11.4 Å². The van der Waals surface area contributed by atoms with E-state index < -0.39 is 29.8 Å². The second-order valence-electron chi connectivity index (χ2n) is 6.30. The number of nitrogens with one attached hydrogen (secondary N) is 1. The summed E-state index contributed by atoms with van der Waals surface area (Å²) in [6.07, 6.45) is -4.51. The molecule has 3 aromatic rings. The number of aromatic nitrogens is 2. The van der Waals surface area contributed by atoms with Gasteiger partial charge in [0.05, 0.1) is 16.9 Å². The van der Waals surface area contributed by atoms with Crippen LogP contribution < -0.4 is 15.6 Å². The summed E-state index contributed by atoms with van der Waals surface area (Å²) in [4.78, 5) is 25.0. The van der Waals surface area contributed by atoms with Crippen LogP contribution in [0.1, 0.15) is 11.3 Å². The summed E-state index contributed by atoms with van der Waals surface area (Å²) in [5, 5.41) is 2.48. The lowest BCUT2D eigenvalue weighted by Crippen LogP contribution is -2.25. The number of ether oxygens (including phenoxy) is 1. The third kappa shape index (κ3) is 4.34. The van der Waals surface area contributed by atoms with Crippen molar-refractivity contribution in [2.45, 2.75) is 13.1 Å². The van der Waals surface area contributed by atoms with Crippen molar-refractivity contribution in [1.29, 1.82) is 0 Å². The van der Waals surface area contributed by atoms with Crippen molar-refractivity contribution in [3.8, 4) is 11.4 Å². The Bertz CT molecular complexity index is 1090. The number of anilines is 1. The quantitative estimate of drug-likeness (QED) is 0.707. The predicted octanol–water partition coefficient (Wildman–Crippen LogP) is 3.52. The number of benzene rings is 2. The van der Waals surface area contributed by atoms with Gasteiger partial charge in [-0.1, -0.05) is 24.3 Å². The van der Waals surface area contributed by atoms with E-state index in [9.17, 15) is 22.8 Å². The molecule has 1 aromatic heterocycles. The number of nitrogens with zero attached hydrogens (tertiary/aromatic N) is 2. The summed E-state index contributed by atoms with van der Waals surface area (Å²) in [5.74, 6) is -0.755. The van der Waals surface area contributed by atoms with Gasteiger partial charge in [0.1, 0.15) is 11.4 Å². The van der Waals surface area contributed by atoms with Crippen LogP contribution in [0.5, 0.6) is 5.75 Å². The SMILES string of the molecule is Cc1c(NC(=O)COc2cccc(C(F)(F)F)c2)c(=O)n(-c2ccccc2)n1C. The van der Waals surface area contributed by atoms with Crippen molar-refractivity contribution in [3.63, 3.8) is 0 Å². The Morgan fingerprint density at radius 3 is 2.45 bits per heavy atom. The molecule has 1 heterocycles. The van der Waals surface area contributed by atoms with Crippen LogP contribution in [0.2, 0.25) is 0 Å². The van der Waals surface area contributed by atoms with Crippen molar-refractivity contribution in [2.24, 2.45) is 7.05 Å². The Morgan fingerprint density at radius 2 is 1.79 bits per heavy atom. The number of hydrogen-bond donors (Lipinski definition) is 1. The van der Waals surface area contributed by atoms with E-state index >= 15 is 0 Å². The van der Waals surface area contributed by atoms with Crippen LogP contribution in [0.15, 0.2) is 59.4 Å². The minimum Gasteiger partial charge on any atom is -0.484 e. The molecule has 1 amide bonds. The van der Waals surface area contributed by atoms with Crippen LogP contribution in [-0.4, -0.2) is 21.9 Å². The fourth-order valence-electron chi connectivity index (χ4n) is 2.80. The number of para-hydroxylation sites is 1. The van der Waals surface area contributed by atoms with Crippen LogP contribution in [0.3, 0.4) is 0 Å². The van der Waals surface area contributed by atoms with Crippen molar-refractivity contribution in [3.05, 3.63) is 76.2 Å². The first-order valence-corrected chi connectivity index (χ1v) is 8.62. The maximum atomic E-state index is 12.7. The summed E-state index contributed by atoms with van der Waals surface area (Å²) in [6, 6.07) is 13.1. The topological polar surface area (TPSA) is 65.3 Å². The highest BCUT2D eigenvalue weighted by Crippen LogP contribution is 2.31. The Balaban J connectivity index is 1.75. The van der Waals surface area contributed by atoms with E-state index in [2.05, 4.69) is 5.32 Å². The molecule has 0 aliphatic carbocycles. The van der Waals surface area contributed by atoms with Crippen molar-refractivity contribution in [2.75, 3.05) is 11.9 Å². The summed E-state index contributed by atoms with van der Waals surface area (Å²) in [7, 11) is 1.68. The van der Waals surface area contributed by atoms with Gasteiger partial charge in [0.2, 0.25) is 0 Å². The maximum absolute atomic E-state index is 12.7.